The molecular weight excluding hydrogens is 428 g/mol. The highest BCUT2D eigenvalue weighted by atomic mass is 32.2. The van der Waals surface area contributed by atoms with Crippen molar-refractivity contribution in [2.24, 2.45) is 7.05 Å². The molecule has 0 saturated heterocycles. The van der Waals surface area contributed by atoms with E-state index in [0.29, 0.717) is 16.9 Å². The lowest BCUT2D eigenvalue weighted by Gasteiger charge is -2.14. The van der Waals surface area contributed by atoms with Gasteiger partial charge in [-0.25, -0.2) is 13.1 Å². The van der Waals surface area contributed by atoms with Gasteiger partial charge in [0.15, 0.2) is 0 Å². The van der Waals surface area contributed by atoms with Crippen molar-refractivity contribution in [1.82, 2.24) is 14.7 Å². The van der Waals surface area contributed by atoms with Gasteiger partial charge in [-0.3, -0.25) is 19.0 Å². The fourth-order valence-corrected chi connectivity index (χ4v) is 4.54. The Bertz CT molecular complexity index is 1260. The molecular formula is C23H28N4O4S. The summed E-state index contributed by atoms with van der Waals surface area (Å²) in [5.41, 5.74) is 0.982. The highest BCUT2D eigenvalue weighted by molar-refractivity contribution is 7.92. The molecule has 0 fully saturated rings. The van der Waals surface area contributed by atoms with E-state index in [-0.39, 0.29) is 22.5 Å². The van der Waals surface area contributed by atoms with Crippen LogP contribution in [0, 0.1) is 6.92 Å². The van der Waals surface area contributed by atoms with Crippen LogP contribution in [0.4, 0.5) is 5.69 Å². The van der Waals surface area contributed by atoms with Gasteiger partial charge in [0.25, 0.3) is 21.5 Å². The molecule has 0 radical (unpaired) electrons. The van der Waals surface area contributed by atoms with Gasteiger partial charge >= 0.3 is 0 Å². The summed E-state index contributed by atoms with van der Waals surface area (Å²) in [6.07, 6.45) is 1.63. The first kappa shape index (κ1) is 23.3. The summed E-state index contributed by atoms with van der Waals surface area (Å²) in [5.74, 6) is -0.250. The second-order valence-corrected chi connectivity index (χ2v) is 9.24. The molecule has 1 heterocycles. The number of para-hydroxylation sites is 1. The predicted octanol–water partition coefficient (Wildman–Crippen LogP) is 3.20. The number of carbonyl (C=O) groups is 1. The van der Waals surface area contributed by atoms with Crippen LogP contribution in [0.2, 0.25) is 0 Å². The summed E-state index contributed by atoms with van der Waals surface area (Å²) in [6, 6.07) is 14.7. The van der Waals surface area contributed by atoms with Gasteiger partial charge in [-0.15, -0.1) is 0 Å². The van der Waals surface area contributed by atoms with Gasteiger partial charge in [0.05, 0.1) is 16.3 Å². The van der Waals surface area contributed by atoms with Gasteiger partial charge in [0, 0.05) is 18.7 Å². The molecule has 0 atom stereocenters. The predicted molar refractivity (Wildman–Crippen MR) is 125 cm³/mol. The molecule has 0 spiro atoms. The van der Waals surface area contributed by atoms with Crippen LogP contribution in [-0.4, -0.2) is 29.7 Å². The molecule has 0 unspecified atom stereocenters. The van der Waals surface area contributed by atoms with Crippen molar-refractivity contribution in [2.75, 3.05) is 4.72 Å². The SMILES string of the molecule is CCC(CC)NC(=O)c1ccc(S(=O)(=O)Nc2c(C)n(C)n(-c3ccccc3)c2=O)cc1. The molecule has 0 bridgehead atoms. The van der Waals surface area contributed by atoms with Gasteiger partial charge in [-0.05, 0) is 56.2 Å². The van der Waals surface area contributed by atoms with Crippen LogP contribution >= 0.6 is 0 Å². The quantitative estimate of drug-likeness (QED) is 0.543. The fourth-order valence-electron chi connectivity index (χ4n) is 3.43. The molecule has 1 aromatic heterocycles. The van der Waals surface area contributed by atoms with Crippen LogP contribution in [-0.2, 0) is 17.1 Å². The van der Waals surface area contributed by atoms with Crippen molar-refractivity contribution in [2.45, 2.75) is 44.6 Å². The Morgan fingerprint density at radius 1 is 1.00 bits per heavy atom. The first-order valence-corrected chi connectivity index (χ1v) is 12.0. The molecule has 0 aliphatic heterocycles. The van der Waals surface area contributed by atoms with Crippen molar-refractivity contribution in [3.05, 3.63) is 76.2 Å². The summed E-state index contributed by atoms with van der Waals surface area (Å²) in [7, 11) is -2.34. The van der Waals surface area contributed by atoms with E-state index in [9.17, 15) is 18.0 Å². The highest BCUT2D eigenvalue weighted by Gasteiger charge is 2.23. The zero-order chi connectivity index (χ0) is 23.5. The smallest absolute Gasteiger partial charge is 0.296 e. The molecule has 0 aliphatic rings. The molecule has 3 aromatic rings. The number of nitrogens with one attached hydrogen (secondary N) is 2. The van der Waals surface area contributed by atoms with E-state index in [1.54, 1.807) is 42.9 Å². The Morgan fingerprint density at radius 2 is 1.59 bits per heavy atom. The molecule has 8 nitrogen and oxygen atoms in total. The number of rotatable bonds is 8. The second kappa shape index (κ2) is 9.44. The van der Waals surface area contributed by atoms with E-state index >= 15 is 0 Å². The summed E-state index contributed by atoms with van der Waals surface area (Å²) in [6.45, 7) is 5.66. The Balaban J connectivity index is 1.87. The maximum Gasteiger partial charge on any atom is 0.296 e. The zero-order valence-electron chi connectivity index (χ0n) is 18.6. The van der Waals surface area contributed by atoms with Crippen molar-refractivity contribution in [3.63, 3.8) is 0 Å². The van der Waals surface area contributed by atoms with Crippen molar-refractivity contribution in [1.29, 1.82) is 0 Å². The topological polar surface area (TPSA) is 102 Å². The number of benzene rings is 2. The lowest BCUT2D eigenvalue weighted by atomic mass is 10.1. The zero-order valence-corrected chi connectivity index (χ0v) is 19.4. The van der Waals surface area contributed by atoms with Gasteiger partial charge in [0.2, 0.25) is 0 Å². The van der Waals surface area contributed by atoms with E-state index in [1.165, 1.54) is 28.9 Å². The maximum atomic E-state index is 13.0. The van der Waals surface area contributed by atoms with Crippen molar-refractivity contribution >= 4 is 21.6 Å². The van der Waals surface area contributed by atoms with Gasteiger partial charge in [-0.1, -0.05) is 32.0 Å². The summed E-state index contributed by atoms with van der Waals surface area (Å²) in [5, 5.41) is 2.92. The molecule has 0 aliphatic carbocycles. The first-order chi connectivity index (χ1) is 15.2. The minimum Gasteiger partial charge on any atom is -0.349 e. The van der Waals surface area contributed by atoms with E-state index < -0.39 is 15.6 Å². The largest absolute Gasteiger partial charge is 0.349 e. The average molecular weight is 457 g/mol. The van der Waals surface area contributed by atoms with Crippen molar-refractivity contribution < 1.29 is 13.2 Å². The van der Waals surface area contributed by atoms with E-state index in [1.807, 2.05) is 19.9 Å². The summed E-state index contributed by atoms with van der Waals surface area (Å²) < 4.78 is 31.3. The number of anilines is 1. The van der Waals surface area contributed by atoms with Crippen LogP contribution < -0.4 is 15.6 Å². The van der Waals surface area contributed by atoms with Crippen LogP contribution in [0.3, 0.4) is 0 Å². The third-order valence-corrected chi connectivity index (χ3v) is 6.90. The van der Waals surface area contributed by atoms with Crippen LogP contribution in [0.25, 0.3) is 5.69 Å². The lowest BCUT2D eigenvalue weighted by molar-refractivity contribution is 0.0934. The lowest BCUT2D eigenvalue weighted by Crippen LogP contribution is -2.33. The third-order valence-electron chi connectivity index (χ3n) is 5.54. The standard InChI is InChI=1S/C23H28N4O4S/c1-5-18(6-2)24-22(28)17-12-14-20(15-13-17)32(30,31)25-21-16(3)26(4)27(23(21)29)19-10-8-7-9-11-19/h7-15,18,25H,5-6H2,1-4H3,(H,24,28). The first-order valence-electron chi connectivity index (χ1n) is 10.5. The molecule has 3 rings (SSSR count). The van der Waals surface area contributed by atoms with Crippen LogP contribution in [0.1, 0.15) is 42.7 Å². The average Bonchev–Trinajstić information content (AvgIpc) is 3.00. The number of aromatic nitrogens is 2. The Morgan fingerprint density at radius 3 is 2.16 bits per heavy atom. The monoisotopic (exact) mass is 456 g/mol. The second-order valence-electron chi connectivity index (χ2n) is 7.55. The van der Waals surface area contributed by atoms with E-state index in [2.05, 4.69) is 10.0 Å². The maximum absolute atomic E-state index is 13.0. The van der Waals surface area contributed by atoms with Gasteiger partial charge < -0.3 is 5.32 Å². The molecule has 0 saturated carbocycles. The third kappa shape index (κ3) is 4.62. The van der Waals surface area contributed by atoms with Crippen molar-refractivity contribution in [3.8, 4) is 5.69 Å². The normalized spacial score (nSPS) is 11.5. The number of amides is 1. The molecule has 2 N–H and O–H groups in total. The molecule has 32 heavy (non-hydrogen) atoms. The molecule has 9 heteroatoms. The summed E-state index contributed by atoms with van der Waals surface area (Å²) in [4.78, 5) is 25.3. The van der Waals surface area contributed by atoms with Gasteiger partial charge in [-0.2, -0.15) is 0 Å². The number of nitrogens with zero attached hydrogens (tertiary/aromatic N) is 2. The van der Waals surface area contributed by atoms with E-state index in [0.717, 1.165) is 12.8 Å². The minimum atomic E-state index is -4.03. The minimum absolute atomic E-state index is 0.0214. The van der Waals surface area contributed by atoms with Gasteiger partial charge in [0.1, 0.15) is 5.69 Å². The Hall–Kier alpha value is -3.33. The summed E-state index contributed by atoms with van der Waals surface area (Å²) >= 11 is 0. The highest BCUT2D eigenvalue weighted by Crippen LogP contribution is 2.19. The number of sulfonamides is 1. The molecule has 1 amide bonds. The number of carbonyl (C=O) groups excluding carboxylic acids is 1. The van der Waals surface area contributed by atoms with Crippen LogP contribution in [0.15, 0.2) is 64.3 Å². The van der Waals surface area contributed by atoms with Crippen LogP contribution in [0.5, 0.6) is 0 Å². The molecule has 170 valence electrons. The Labute approximate surface area is 187 Å². The number of hydrogen-bond acceptors (Lipinski definition) is 4. The fraction of sp³-hybridized carbons (Fsp3) is 0.304. The Kier molecular flexibility index (Phi) is 6.88. The molecule has 2 aromatic carbocycles. The number of hydrogen-bond donors (Lipinski definition) is 2. The van der Waals surface area contributed by atoms with E-state index in [4.69, 9.17) is 0 Å².